The predicted molar refractivity (Wildman–Crippen MR) is 97.7 cm³/mol. The van der Waals surface area contributed by atoms with Gasteiger partial charge >= 0.3 is 0 Å². The zero-order valence-corrected chi connectivity index (χ0v) is 14.5. The van der Waals surface area contributed by atoms with Gasteiger partial charge in [-0.2, -0.15) is 0 Å². The van der Waals surface area contributed by atoms with Crippen LogP contribution in [-0.4, -0.2) is 42.4 Å². The Labute approximate surface area is 146 Å². The first-order valence-corrected chi connectivity index (χ1v) is 8.91. The molecule has 1 aromatic heterocycles. The number of morpholine rings is 1. The summed E-state index contributed by atoms with van der Waals surface area (Å²) >= 11 is 1.54. The molecule has 2 heterocycles. The van der Waals surface area contributed by atoms with Gasteiger partial charge in [-0.15, -0.1) is 11.8 Å². The number of ether oxygens (including phenoxy) is 1. The van der Waals surface area contributed by atoms with Gasteiger partial charge in [0.1, 0.15) is 5.82 Å². The molecule has 0 radical (unpaired) electrons. The van der Waals surface area contributed by atoms with Gasteiger partial charge in [-0.05, 0) is 31.2 Å². The van der Waals surface area contributed by atoms with E-state index in [-0.39, 0.29) is 11.2 Å². The fraction of sp³-hybridized carbons (Fsp3) is 0.333. The number of carbonyl (C=O) groups excluding carboxylic acids is 1. The van der Waals surface area contributed by atoms with Crippen molar-refractivity contribution in [2.24, 2.45) is 0 Å². The summed E-state index contributed by atoms with van der Waals surface area (Å²) in [6.07, 6.45) is 1.71. The third-order valence-electron chi connectivity index (χ3n) is 3.78. The highest BCUT2D eigenvalue weighted by molar-refractivity contribution is 8.00. The van der Waals surface area contributed by atoms with E-state index in [1.807, 2.05) is 49.4 Å². The van der Waals surface area contributed by atoms with Crippen molar-refractivity contribution in [2.75, 3.05) is 36.5 Å². The molecule has 1 unspecified atom stereocenters. The number of benzene rings is 1. The fourth-order valence-corrected chi connectivity index (χ4v) is 3.33. The summed E-state index contributed by atoms with van der Waals surface area (Å²) < 4.78 is 5.34. The largest absolute Gasteiger partial charge is 0.378 e. The second-order valence-corrected chi connectivity index (χ2v) is 6.98. The second kappa shape index (κ2) is 8.17. The first-order chi connectivity index (χ1) is 11.7. The van der Waals surface area contributed by atoms with Gasteiger partial charge in [0.05, 0.1) is 30.3 Å². The van der Waals surface area contributed by atoms with Crippen LogP contribution >= 0.6 is 11.8 Å². The molecule has 1 amide bonds. The van der Waals surface area contributed by atoms with Crippen LogP contribution in [0.1, 0.15) is 6.92 Å². The van der Waals surface area contributed by atoms with Gasteiger partial charge in [0.15, 0.2) is 0 Å². The molecule has 24 heavy (non-hydrogen) atoms. The standard InChI is InChI=1S/C18H21N3O2S/c1-14(24-16-5-3-2-4-6-16)18(22)20-15-7-8-17(19-13-15)21-9-11-23-12-10-21/h2-8,13-14H,9-12H2,1H3,(H,20,22). The Bertz CT molecular complexity index is 658. The summed E-state index contributed by atoms with van der Waals surface area (Å²) in [5.74, 6) is 0.896. The third-order valence-corrected chi connectivity index (χ3v) is 4.89. The van der Waals surface area contributed by atoms with Crippen LogP contribution in [0.15, 0.2) is 53.6 Å². The average Bonchev–Trinajstić information content (AvgIpc) is 2.64. The van der Waals surface area contributed by atoms with Crippen LogP contribution in [0.4, 0.5) is 11.5 Å². The number of aromatic nitrogens is 1. The number of amides is 1. The molecule has 0 saturated carbocycles. The van der Waals surface area contributed by atoms with Crippen LogP contribution in [0.25, 0.3) is 0 Å². The van der Waals surface area contributed by atoms with E-state index in [4.69, 9.17) is 4.74 Å². The summed E-state index contributed by atoms with van der Waals surface area (Å²) in [5.41, 5.74) is 0.720. The second-order valence-electron chi connectivity index (χ2n) is 5.57. The van der Waals surface area contributed by atoms with Crippen molar-refractivity contribution >= 4 is 29.2 Å². The molecule has 3 rings (SSSR count). The van der Waals surface area contributed by atoms with Gasteiger partial charge in [0, 0.05) is 18.0 Å². The van der Waals surface area contributed by atoms with Gasteiger partial charge in [0.2, 0.25) is 5.91 Å². The smallest absolute Gasteiger partial charge is 0.237 e. The molecule has 126 valence electrons. The minimum Gasteiger partial charge on any atom is -0.378 e. The van der Waals surface area contributed by atoms with E-state index in [1.165, 1.54) is 0 Å². The lowest BCUT2D eigenvalue weighted by Crippen LogP contribution is -2.36. The Hall–Kier alpha value is -2.05. The SMILES string of the molecule is CC(Sc1ccccc1)C(=O)Nc1ccc(N2CCOCC2)nc1. The molecule has 0 spiro atoms. The summed E-state index contributed by atoms with van der Waals surface area (Å²) in [6.45, 7) is 5.07. The summed E-state index contributed by atoms with van der Waals surface area (Å²) in [4.78, 5) is 20.0. The number of pyridine rings is 1. The van der Waals surface area contributed by atoms with Crippen LogP contribution in [0.2, 0.25) is 0 Å². The fourth-order valence-electron chi connectivity index (χ4n) is 2.44. The predicted octanol–water partition coefficient (Wildman–Crippen LogP) is 3.04. The number of rotatable bonds is 5. The van der Waals surface area contributed by atoms with Gasteiger partial charge in [-0.3, -0.25) is 4.79 Å². The lowest BCUT2D eigenvalue weighted by Gasteiger charge is -2.27. The Morgan fingerprint density at radius 1 is 1.21 bits per heavy atom. The summed E-state index contributed by atoms with van der Waals surface area (Å²) in [5, 5.41) is 2.75. The Kier molecular flexibility index (Phi) is 5.72. The Morgan fingerprint density at radius 2 is 1.96 bits per heavy atom. The van der Waals surface area contributed by atoms with Crippen LogP contribution in [0.3, 0.4) is 0 Å². The van der Waals surface area contributed by atoms with Crippen molar-refractivity contribution < 1.29 is 9.53 Å². The molecule has 1 N–H and O–H groups in total. The van der Waals surface area contributed by atoms with Crippen molar-refractivity contribution in [3.63, 3.8) is 0 Å². The minimum atomic E-state index is -0.175. The van der Waals surface area contributed by atoms with Gasteiger partial charge in [0.25, 0.3) is 0 Å². The highest BCUT2D eigenvalue weighted by atomic mass is 32.2. The highest BCUT2D eigenvalue weighted by Crippen LogP contribution is 2.24. The van der Waals surface area contributed by atoms with E-state index in [2.05, 4.69) is 15.2 Å². The van der Waals surface area contributed by atoms with E-state index in [1.54, 1.807) is 18.0 Å². The molecule has 0 bridgehead atoms. The van der Waals surface area contributed by atoms with Crippen molar-refractivity contribution in [3.05, 3.63) is 48.7 Å². The normalized spacial score (nSPS) is 15.8. The van der Waals surface area contributed by atoms with Crippen LogP contribution in [-0.2, 0) is 9.53 Å². The van der Waals surface area contributed by atoms with Crippen molar-refractivity contribution in [1.82, 2.24) is 4.98 Å². The summed E-state index contributed by atoms with van der Waals surface area (Å²) in [7, 11) is 0. The van der Waals surface area contributed by atoms with E-state index < -0.39 is 0 Å². The van der Waals surface area contributed by atoms with E-state index in [9.17, 15) is 4.79 Å². The maximum Gasteiger partial charge on any atom is 0.237 e. The number of thioether (sulfide) groups is 1. The number of carbonyl (C=O) groups is 1. The maximum atomic E-state index is 12.3. The number of hydrogen-bond acceptors (Lipinski definition) is 5. The zero-order chi connectivity index (χ0) is 16.8. The van der Waals surface area contributed by atoms with Gasteiger partial charge in [-0.1, -0.05) is 18.2 Å². The molecule has 1 atom stereocenters. The summed E-state index contributed by atoms with van der Waals surface area (Å²) in [6, 6.07) is 13.8. The molecule has 5 nitrogen and oxygen atoms in total. The lowest BCUT2D eigenvalue weighted by atomic mass is 10.3. The molecule has 1 saturated heterocycles. The lowest BCUT2D eigenvalue weighted by molar-refractivity contribution is -0.115. The van der Waals surface area contributed by atoms with Crippen LogP contribution in [0.5, 0.6) is 0 Å². The van der Waals surface area contributed by atoms with Gasteiger partial charge < -0.3 is 15.0 Å². The van der Waals surface area contributed by atoms with Crippen molar-refractivity contribution in [2.45, 2.75) is 17.1 Å². The topological polar surface area (TPSA) is 54.5 Å². The molecule has 0 aliphatic carbocycles. The first kappa shape index (κ1) is 16.8. The zero-order valence-electron chi connectivity index (χ0n) is 13.6. The average molecular weight is 343 g/mol. The molecule has 2 aromatic rings. The Morgan fingerprint density at radius 3 is 2.62 bits per heavy atom. The van der Waals surface area contributed by atoms with E-state index in [0.29, 0.717) is 0 Å². The molecule has 1 fully saturated rings. The molecule has 1 aliphatic rings. The van der Waals surface area contributed by atoms with E-state index in [0.717, 1.165) is 42.7 Å². The highest BCUT2D eigenvalue weighted by Gasteiger charge is 2.16. The number of anilines is 2. The minimum absolute atomic E-state index is 0.0234. The molecule has 6 heteroatoms. The molecule has 1 aliphatic heterocycles. The number of hydrogen-bond donors (Lipinski definition) is 1. The van der Waals surface area contributed by atoms with Gasteiger partial charge in [-0.25, -0.2) is 4.98 Å². The number of nitrogens with zero attached hydrogens (tertiary/aromatic N) is 2. The number of nitrogens with one attached hydrogen (secondary N) is 1. The molecule has 1 aromatic carbocycles. The van der Waals surface area contributed by atoms with Crippen LogP contribution in [0, 0.1) is 0 Å². The first-order valence-electron chi connectivity index (χ1n) is 8.04. The van der Waals surface area contributed by atoms with Crippen molar-refractivity contribution in [1.29, 1.82) is 0 Å². The monoisotopic (exact) mass is 343 g/mol. The van der Waals surface area contributed by atoms with Crippen molar-refractivity contribution in [3.8, 4) is 0 Å². The van der Waals surface area contributed by atoms with Crippen LogP contribution < -0.4 is 10.2 Å². The Balaban J connectivity index is 1.55. The molecular formula is C18H21N3O2S. The third kappa shape index (κ3) is 4.49. The quantitative estimate of drug-likeness (QED) is 0.846. The van der Waals surface area contributed by atoms with E-state index >= 15 is 0 Å². The maximum absolute atomic E-state index is 12.3. The molecular weight excluding hydrogens is 322 g/mol.